The zero-order chi connectivity index (χ0) is 47.0. The maximum atomic E-state index is 14.3. The van der Waals surface area contributed by atoms with Crippen molar-refractivity contribution >= 4 is 52.5 Å². The van der Waals surface area contributed by atoms with Crippen molar-refractivity contribution in [3.8, 4) is 22.5 Å². The summed E-state index contributed by atoms with van der Waals surface area (Å²) in [5, 5.41) is 8.31. The van der Waals surface area contributed by atoms with Crippen LogP contribution in [0.1, 0.15) is 76.8 Å². The number of amides is 5. The van der Waals surface area contributed by atoms with Gasteiger partial charge in [-0.25, -0.2) is 15.2 Å². The van der Waals surface area contributed by atoms with E-state index in [1.807, 2.05) is 32.2 Å². The van der Waals surface area contributed by atoms with Crippen LogP contribution in [-0.4, -0.2) is 137 Å². The predicted molar refractivity (Wildman–Crippen MR) is 252 cm³/mol. The van der Waals surface area contributed by atoms with Crippen LogP contribution in [0.2, 0.25) is 0 Å². The van der Waals surface area contributed by atoms with E-state index in [1.54, 1.807) is 35.2 Å². The molecule has 350 valence electrons. The van der Waals surface area contributed by atoms with Gasteiger partial charge >= 0.3 is 6.03 Å². The molecule has 1 aromatic carbocycles. The van der Waals surface area contributed by atoms with Gasteiger partial charge in [0.25, 0.3) is 12.4 Å². The first-order chi connectivity index (χ1) is 31.1. The van der Waals surface area contributed by atoms with Gasteiger partial charge < -0.3 is 34.1 Å². The third-order valence-electron chi connectivity index (χ3n) is 12.4. The van der Waals surface area contributed by atoms with Gasteiger partial charge in [-0.05, 0) is 74.9 Å². The fraction of sp³-hybridized carbons (Fsp3) is 0.521. The van der Waals surface area contributed by atoms with E-state index < -0.39 is 23.4 Å². The number of benzene rings is 1. The molecule has 3 aromatic heterocycles. The summed E-state index contributed by atoms with van der Waals surface area (Å²) in [6, 6.07) is 8.20. The number of likely N-dealkylation sites (N-methyl/N-ethyl adjacent to an activating group) is 1. The number of piperazine rings is 1. The Morgan fingerprint density at radius 2 is 1.80 bits per heavy atom. The van der Waals surface area contributed by atoms with Gasteiger partial charge in [-0.3, -0.25) is 29.2 Å². The van der Waals surface area contributed by atoms with Crippen molar-refractivity contribution in [2.24, 2.45) is 11.3 Å². The van der Waals surface area contributed by atoms with Crippen LogP contribution in [0.15, 0.2) is 54.6 Å². The van der Waals surface area contributed by atoms with Crippen LogP contribution < -0.4 is 10.7 Å². The average Bonchev–Trinajstić information content (AvgIpc) is 3.91. The Hall–Kier alpha value is -5.65. The van der Waals surface area contributed by atoms with Crippen LogP contribution in [0.25, 0.3) is 33.4 Å². The second-order valence-electron chi connectivity index (χ2n) is 18.0. The first-order valence-corrected chi connectivity index (χ1v) is 23.4. The zero-order valence-electron chi connectivity index (χ0n) is 39.1. The highest BCUT2D eigenvalue weighted by molar-refractivity contribution is 7.10. The molecule has 0 saturated carbocycles. The number of nitrogens with one attached hydrogen (secondary N) is 2. The lowest BCUT2D eigenvalue weighted by Crippen LogP contribution is -2.61. The molecule has 0 radical (unpaired) electrons. The highest BCUT2D eigenvalue weighted by atomic mass is 32.1. The molecule has 16 nitrogen and oxygen atoms in total. The maximum Gasteiger partial charge on any atom is 0.320 e. The Balaban J connectivity index is 1.32. The number of methoxy groups -OCH3 is 1. The quantitative estimate of drug-likeness (QED) is 0.0911. The fourth-order valence-corrected chi connectivity index (χ4v) is 9.84. The van der Waals surface area contributed by atoms with Crippen LogP contribution >= 0.6 is 11.3 Å². The number of fused-ring (bicyclic) bond motifs is 1. The molecule has 5 amide bonds. The van der Waals surface area contributed by atoms with Crippen LogP contribution in [0.3, 0.4) is 0 Å². The van der Waals surface area contributed by atoms with Crippen LogP contribution in [-0.2, 0) is 48.0 Å². The number of carbonyl (C=O) groups excluding carboxylic acids is 5. The highest BCUT2D eigenvalue weighted by Crippen LogP contribution is 2.42. The number of rotatable bonds is 18. The van der Waals surface area contributed by atoms with Crippen molar-refractivity contribution < 1.29 is 33.4 Å². The molecule has 2 saturated heterocycles. The third kappa shape index (κ3) is 11.1. The summed E-state index contributed by atoms with van der Waals surface area (Å²) < 4.78 is 13.4. The Kier molecular flexibility index (Phi) is 16.2. The molecule has 2 aliphatic heterocycles. The minimum absolute atomic E-state index is 0.144. The molecule has 3 atom stereocenters. The number of urea groups is 1. The summed E-state index contributed by atoms with van der Waals surface area (Å²) in [4.78, 5) is 80.4. The second-order valence-corrected chi connectivity index (χ2v) is 18.9. The number of carbonyl (C=O) groups is 5. The maximum absolute atomic E-state index is 14.3. The molecule has 0 spiro atoms. The normalized spacial score (nSPS) is 16.0. The highest BCUT2D eigenvalue weighted by Gasteiger charge is 2.37. The van der Waals surface area contributed by atoms with E-state index in [1.165, 1.54) is 22.3 Å². The molecule has 5 heterocycles. The smallest absolute Gasteiger partial charge is 0.320 e. The molecule has 65 heavy (non-hydrogen) atoms. The third-order valence-corrected chi connectivity index (χ3v) is 13.3. The Bertz CT molecular complexity index is 2350. The number of hydrazine groups is 1. The second kappa shape index (κ2) is 21.6. The molecule has 3 unspecified atom stereocenters. The van der Waals surface area contributed by atoms with Crippen molar-refractivity contribution in [1.82, 2.24) is 45.0 Å². The summed E-state index contributed by atoms with van der Waals surface area (Å²) in [6.45, 7) is 19.6. The lowest BCUT2D eigenvalue weighted by Gasteiger charge is -2.39. The number of aromatic nitrogens is 3. The summed E-state index contributed by atoms with van der Waals surface area (Å²) in [6.07, 6.45) is 5.30. The molecular weight excluding hydrogens is 847 g/mol. The standard InChI is InChI=1S/C48H65N9O7S/c1-10-41(59)54-21-23-55(24-22-54)47(62)53(8)43(31(3)4)45(60)52-37(46(61)57-20-13-12-19-50-57)26-40-51-38(28-65-40)33-16-17-39-35(25-33)36(27-48(6,7)29-64-30-58)44(56(39)11-2)34-15-14-18-49-42(34)32(5)63-9/h10,14-18,25,28,30-32,37,43,50H,1,11-13,19-24,26-27,29H2,2-9H3,(H,52,60). The number of hydrogen-bond donors (Lipinski definition) is 2. The van der Waals surface area contributed by atoms with E-state index in [-0.39, 0.29) is 42.9 Å². The molecule has 2 N–H and O–H groups in total. The molecular formula is C48H65N9O7S. The Morgan fingerprint density at radius 1 is 1.06 bits per heavy atom. The molecule has 2 aliphatic rings. The summed E-state index contributed by atoms with van der Waals surface area (Å²) in [7, 11) is 3.29. The Morgan fingerprint density at radius 3 is 2.45 bits per heavy atom. The zero-order valence-corrected chi connectivity index (χ0v) is 39.9. The van der Waals surface area contributed by atoms with Crippen LogP contribution in [0.5, 0.6) is 0 Å². The molecule has 0 bridgehead atoms. The lowest BCUT2D eigenvalue weighted by atomic mass is 9.84. The Labute approximate surface area is 386 Å². The predicted octanol–water partition coefficient (Wildman–Crippen LogP) is 5.86. The van der Waals surface area contributed by atoms with Gasteiger partial charge in [0.1, 0.15) is 12.1 Å². The minimum atomic E-state index is -0.959. The van der Waals surface area contributed by atoms with Gasteiger partial charge in [0.2, 0.25) is 11.8 Å². The summed E-state index contributed by atoms with van der Waals surface area (Å²) in [5.74, 6) is -1.16. The van der Waals surface area contributed by atoms with E-state index in [9.17, 15) is 24.0 Å². The van der Waals surface area contributed by atoms with Crippen molar-refractivity contribution in [3.05, 3.63) is 70.8 Å². The molecule has 2 fully saturated rings. The van der Waals surface area contributed by atoms with Gasteiger partial charge in [0.15, 0.2) is 0 Å². The van der Waals surface area contributed by atoms with Crippen LogP contribution in [0.4, 0.5) is 4.79 Å². The number of nitrogens with zero attached hydrogens (tertiary/aromatic N) is 7. The van der Waals surface area contributed by atoms with Crippen molar-refractivity contribution in [3.63, 3.8) is 0 Å². The van der Waals surface area contributed by atoms with Gasteiger partial charge in [0.05, 0.1) is 34.8 Å². The van der Waals surface area contributed by atoms with Gasteiger partial charge in [-0.2, -0.15) is 0 Å². The SMILES string of the molecule is C=CC(=O)N1CCN(C(=O)N(C)C(C(=O)NC(Cc2nc(-c3ccc4c(c3)c(CC(C)(C)COC=O)c(-c3cccnc3C(C)OC)n4CC)cs2)C(=O)N2CCCCN2)C(C)C)CC1. The molecule has 4 aromatic rings. The summed E-state index contributed by atoms with van der Waals surface area (Å²) >= 11 is 1.42. The number of thiazole rings is 1. The van der Waals surface area contributed by atoms with Crippen molar-refractivity contribution in [2.45, 2.75) is 92.0 Å². The van der Waals surface area contributed by atoms with E-state index >= 15 is 0 Å². The first kappa shape index (κ1) is 48.8. The molecule has 6 rings (SSSR count). The van der Waals surface area contributed by atoms with E-state index in [0.717, 1.165) is 57.5 Å². The topological polar surface area (TPSA) is 172 Å². The number of aryl methyl sites for hydroxylation is 1. The van der Waals surface area contributed by atoms with Crippen molar-refractivity contribution in [2.75, 3.05) is 60.0 Å². The minimum Gasteiger partial charge on any atom is -0.467 e. The number of hydrogen-bond acceptors (Lipinski definition) is 11. The average molecular weight is 912 g/mol. The van der Waals surface area contributed by atoms with E-state index in [4.69, 9.17) is 19.4 Å². The van der Waals surface area contributed by atoms with Gasteiger partial charge in [-0.1, -0.05) is 40.3 Å². The van der Waals surface area contributed by atoms with Gasteiger partial charge in [0, 0.05) is 105 Å². The monoisotopic (exact) mass is 911 g/mol. The number of pyridine rings is 1. The molecule has 0 aliphatic carbocycles. The number of ether oxygens (including phenoxy) is 2. The summed E-state index contributed by atoms with van der Waals surface area (Å²) in [5.41, 5.74) is 9.37. The molecule has 17 heteroatoms. The van der Waals surface area contributed by atoms with E-state index in [2.05, 4.69) is 66.9 Å². The van der Waals surface area contributed by atoms with Gasteiger partial charge in [-0.15, -0.1) is 11.3 Å². The van der Waals surface area contributed by atoms with Crippen molar-refractivity contribution in [1.29, 1.82) is 0 Å². The van der Waals surface area contributed by atoms with Crippen LogP contribution in [0, 0.1) is 11.3 Å². The fourth-order valence-electron chi connectivity index (χ4n) is 8.99. The lowest BCUT2D eigenvalue weighted by molar-refractivity contribution is -0.141. The van der Waals surface area contributed by atoms with E-state index in [0.29, 0.717) is 63.7 Å². The largest absolute Gasteiger partial charge is 0.467 e. The first-order valence-electron chi connectivity index (χ1n) is 22.5.